The second-order valence-corrected chi connectivity index (χ2v) is 7.99. The van der Waals surface area contributed by atoms with E-state index in [1.165, 1.54) is 12.4 Å². The van der Waals surface area contributed by atoms with Gasteiger partial charge in [-0.15, -0.1) is 0 Å². The summed E-state index contributed by atoms with van der Waals surface area (Å²) in [5, 5.41) is 0.0448. The van der Waals surface area contributed by atoms with Crippen LogP contribution in [0.4, 0.5) is 4.39 Å². The Kier molecular flexibility index (Phi) is 4.18. The van der Waals surface area contributed by atoms with Crippen LogP contribution in [-0.2, 0) is 11.0 Å². The summed E-state index contributed by atoms with van der Waals surface area (Å²) in [6, 6.07) is 1.12. The van der Waals surface area contributed by atoms with E-state index in [0.717, 1.165) is 0 Å². The maximum atomic E-state index is 14.1. The van der Waals surface area contributed by atoms with Crippen LogP contribution in [0.15, 0.2) is 18.6 Å². The summed E-state index contributed by atoms with van der Waals surface area (Å²) in [5.41, 5.74) is 0.797. The molecule has 0 saturated carbocycles. The molecule has 2 heterocycles. The number of rotatable bonds is 3. The summed E-state index contributed by atoms with van der Waals surface area (Å²) >= 11 is 5.80. The number of hydrogen-bond acceptors (Lipinski definition) is 2. The molecule has 0 aliphatic carbocycles. The first-order valence-corrected chi connectivity index (χ1v) is 7.73. The zero-order valence-corrected chi connectivity index (χ0v) is 13.3. The van der Waals surface area contributed by atoms with E-state index in [0.29, 0.717) is 11.2 Å². The highest BCUT2D eigenvalue weighted by atomic mass is 35.5. The highest BCUT2D eigenvalue weighted by Crippen LogP contribution is 2.26. The molecular weight excluding hydrogens is 301 g/mol. The molecule has 1 N–H and O–H groups in total. The van der Waals surface area contributed by atoms with Gasteiger partial charge in [0.2, 0.25) is 0 Å². The van der Waals surface area contributed by atoms with E-state index in [1.54, 1.807) is 17.5 Å². The number of aromatic nitrogens is 2. The molecule has 0 aliphatic heterocycles. The zero-order valence-electron chi connectivity index (χ0n) is 11.8. The highest BCUT2D eigenvalue weighted by molar-refractivity contribution is 7.84. The van der Waals surface area contributed by atoms with Crippen molar-refractivity contribution in [1.82, 2.24) is 14.1 Å². The number of imidazole rings is 1. The van der Waals surface area contributed by atoms with Gasteiger partial charge in [0.25, 0.3) is 0 Å². The van der Waals surface area contributed by atoms with E-state index in [-0.39, 0.29) is 11.1 Å². The average Bonchev–Trinajstić information content (AvgIpc) is 2.77. The summed E-state index contributed by atoms with van der Waals surface area (Å²) in [6.07, 6.45) is 3.16. The van der Waals surface area contributed by atoms with Gasteiger partial charge in [-0.1, -0.05) is 11.6 Å². The van der Waals surface area contributed by atoms with E-state index < -0.39 is 21.5 Å². The van der Waals surface area contributed by atoms with Crippen LogP contribution in [0.25, 0.3) is 5.52 Å². The molecule has 110 valence electrons. The Bertz CT molecular complexity index is 665. The van der Waals surface area contributed by atoms with E-state index >= 15 is 0 Å². The number of hydrogen-bond donors (Lipinski definition) is 1. The Morgan fingerprint density at radius 2 is 2.15 bits per heavy atom. The Hall–Kier alpha value is -0.980. The lowest BCUT2D eigenvalue weighted by Gasteiger charge is -2.21. The van der Waals surface area contributed by atoms with Crippen LogP contribution in [0.3, 0.4) is 0 Å². The molecule has 7 heteroatoms. The van der Waals surface area contributed by atoms with Crippen LogP contribution in [0, 0.1) is 5.82 Å². The van der Waals surface area contributed by atoms with Crippen LogP contribution in [0.2, 0.25) is 5.02 Å². The molecule has 0 spiro atoms. The molecule has 2 aromatic rings. The molecule has 2 unspecified atom stereocenters. The molecule has 0 fully saturated rings. The van der Waals surface area contributed by atoms with E-state index in [9.17, 15) is 8.60 Å². The molecule has 0 saturated heterocycles. The molecule has 0 radical (unpaired) electrons. The smallest absolute Gasteiger partial charge is 0.167 e. The maximum Gasteiger partial charge on any atom is 0.167 e. The van der Waals surface area contributed by atoms with Gasteiger partial charge >= 0.3 is 0 Å². The first-order chi connectivity index (χ1) is 9.21. The Morgan fingerprint density at radius 3 is 2.75 bits per heavy atom. The summed E-state index contributed by atoms with van der Waals surface area (Å²) in [5.74, 6) is -0.517. The molecule has 0 aromatic carbocycles. The van der Waals surface area contributed by atoms with Gasteiger partial charge in [0.15, 0.2) is 5.82 Å². The van der Waals surface area contributed by atoms with Crippen LogP contribution >= 0.6 is 11.6 Å². The Morgan fingerprint density at radius 1 is 1.50 bits per heavy atom. The minimum absolute atomic E-state index is 0.0448. The fourth-order valence-corrected chi connectivity index (χ4v) is 2.69. The van der Waals surface area contributed by atoms with Gasteiger partial charge in [-0.2, -0.15) is 0 Å². The van der Waals surface area contributed by atoms with Gasteiger partial charge in [-0.25, -0.2) is 18.3 Å². The summed E-state index contributed by atoms with van der Waals surface area (Å²) < 4.78 is 30.3. The fourth-order valence-electron chi connectivity index (χ4n) is 1.76. The van der Waals surface area contributed by atoms with Crippen molar-refractivity contribution >= 4 is 28.1 Å². The van der Waals surface area contributed by atoms with Gasteiger partial charge in [0.1, 0.15) is 5.52 Å². The normalized spacial score (nSPS) is 15.5. The third-order valence-electron chi connectivity index (χ3n) is 2.87. The predicted octanol–water partition coefficient (Wildman–Crippen LogP) is 3.24. The number of nitrogens with one attached hydrogen (secondary N) is 1. The van der Waals surface area contributed by atoms with Gasteiger partial charge in [0.05, 0.1) is 38.8 Å². The van der Waals surface area contributed by atoms with Gasteiger partial charge < -0.3 is 4.40 Å². The topological polar surface area (TPSA) is 46.4 Å². The lowest BCUT2D eigenvalue weighted by atomic mass is 10.2. The lowest BCUT2D eigenvalue weighted by molar-refractivity contribution is 0.608. The van der Waals surface area contributed by atoms with E-state index in [1.807, 2.05) is 20.8 Å². The standard InChI is InChI=1S/C13H17ClFN3OS/c1-8(17-20(19)13(2,3)4)11-12-10(15)9(14)5-6-18(12)7-16-11/h5-8,17H,1-4H3. The molecule has 0 amide bonds. The van der Waals surface area contributed by atoms with Crippen molar-refractivity contribution in [2.75, 3.05) is 0 Å². The number of pyridine rings is 1. The Balaban J connectivity index is 2.38. The molecule has 0 aliphatic rings. The van der Waals surface area contributed by atoms with Crippen LogP contribution in [-0.4, -0.2) is 18.3 Å². The largest absolute Gasteiger partial charge is 0.303 e. The molecule has 0 bridgehead atoms. The van der Waals surface area contributed by atoms with Gasteiger partial charge in [-0.05, 0) is 33.8 Å². The van der Waals surface area contributed by atoms with Gasteiger partial charge in [-0.3, -0.25) is 0 Å². The molecule has 2 aromatic heterocycles. The molecular formula is C13H17ClFN3OS. The summed E-state index contributed by atoms with van der Waals surface area (Å²) in [4.78, 5) is 4.20. The maximum absolute atomic E-state index is 14.1. The van der Waals surface area contributed by atoms with Crippen molar-refractivity contribution in [3.8, 4) is 0 Å². The van der Waals surface area contributed by atoms with Crippen LogP contribution in [0.1, 0.15) is 39.4 Å². The molecule has 2 rings (SSSR count). The van der Waals surface area contributed by atoms with Crippen molar-refractivity contribution in [3.05, 3.63) is 35.1 Å². The molecule has 4 nitrogen and oxygen atoms in total. The highest BCUT2D eigenvalue weighted by Gasteiger charge is 2.24. The van der Waals surface area contributed by atoms with Crippen LogP contribution in [0.5, 0.6) is 0 Å². The second-order valence-electron chi connectivity index (χ2n) is 5.58. The SMILES string of the molecule is CC(NS(=O)C(C)(C)C)c1ncn2ccc(Cl)c(F)c12. The zero-order chi connectivity index (χ0) is 15.1. The summed E-state index contributed by atoms with van der Waals surface area (Å²) in [7, 11) is -1.26. The molecule has 2 atom stereocenters. The number of fused-ring (bicyclic) bond motifs is 1. The average molecular weight is 318 g/mol. The first-order valence-electron chi connectivity index (χ1n) is 6.20. The van der Waals surface area contributed by atoms with Crippen LogP contribution < -0.4 is 4.72 Å². The lowest BCUT2D eigenvalue weighted by Crippen LogP contribution is -2.35. The fraction of sp³-hybridized carbons (Fsp3) is 0.462. The van der Waals surface area contributed by atoms with Crippen molar-refractivity contribution in [2.24, 2.45) is 0 Å². The number of halogens is 2. The van der Waals surface area contributed by atoms with Gasteiger partial charge in [0, 0.05) is 6.20 Å². The van der Waals surface area contributed by atoms with E-state index in [4.69, 9.17) is 11.6 Å². The van der Waals surface area contributed by atoms with Crippen molar-refractivity contribution < 1.29 is 8.60 Å². The van der Waals surface area contributed by atoms with Crippen molar-refractivity contribution in [2.45, 2.75) is 38.5 Å². The van der Waals surface area contributed by atoms with Crippen molar-refractivity contribution in [3.63, 3.8) is 0 Å². The molecule has 20 heavy (non-hydrogen) atoms. The second kappa shape index (κ2) is 5.42. The minimum Gasteiger partial charge on any atom is -0.303 e. The minimum atomic E-state index is -1.26. The monoisotopic (exact) mass is 317 g/mol. The number of nitrogens with zero attached hydrogens (tertiary/aromatic N) is 2. The first kappa shape index (κ1) is 15.4. The van der Waals surface area contributed by atoms with E-state index in [2.05, 4.69) is 9.71 Å². The predicted molar refractivity (Wildman–Crippen MR) is 79.6 cm³/mol. The Labute approximate surface area is 124 Å². The summed E-state index contributed by atoms with van der Waals surface area (Å²) in [6.45, 7) is 7.40. The third-order valence-corrected chi connectivity index (χ3v) is 4.84. The third kappa shape index (κ3) is 2.87. The quantitative estimate of drug-likeness (QED) is 0.944. The van der Waals surface area contributed by atoms with Crippen molar-refractivity contribution in [1.29, 1.82) is 0 Å².